The summed E-state index contributed by atoms with van der Waals surface area (Å²) in [4.78, 5) is 24.8. The number of likely N-dealkylation sites (N-methyl/N-ethyl adjacent to an activating group) is 1. The molecule has 1 aromatic heterocycles. The van der Waals surface area contributed by atoms with Crippen molar-refractivity contribution < 1.29 is 9.18 Å². The molecule has 1 fully saturated rings. The topological polar surface area (TPSA) is 75.4 Å². The summed E-state index contributed by atoms with van der Waals surface area (Å²) in [6.45, 7) is 1.79. The van der Waals surface area contributed by atoms with Crippen LogP contribution in [-0.2, 0) is 6.54 Å². The summed E-state index contributed by atoms with van der Waals surface area (Å²) in [7, 11) is 1.97. The molecule has 2 heterocycles. The third-order valence-electron chi connectivity index (χ3n) is 4.36. The first kappa shape index (κ1) is 17.6. The van der Waals surface area contributed by atoms with Crippen LogP contribution in [0.4, 0.5) is 10.2 Å². The molecule has 0 bridgehead atoms. The maximum absolute atomic E-state index is 13.3. The zero-order valence-electron chi connectivity index (χ0n) is 13.8. The summed E-state index contributed by atoms with van der Waals surface area (Å²) in [5.41, 5.74) is 6.07. The molecule has 1 aliphatic heterocycles. The molecule has 1 aliphatic rings. The first-order valence-corrected chi connectivity index (χ1v) is 8.34. The number of nitrogens with zero attached hydrogens (tertiary/aromatic N) is 4. The molecule has 2 aromatic rings. The number of amides is 1. The Balaban J connectivity index is 1.62. The van der Waals surface area contributed by atoms with E-state index in [1.807, 2.05) is 7.05 Å². The fraction of sp³-hybridized carbons (Fsp3) is 0.353. The Morgan fingerprint density at radius 1 is 1.48 bits per heavy atom. The molecule has 25 heavy (non-hydrogen) atoms. The van der Waals surface area contributed by atoms with Gasteiger partial charge in [-0.3, -0.25) is 9.69 Å². The van der Waals surface area contributed by atoms with E-state index in [2.05, 4.69) is 14.9 Å². The first-order valence-electron chi connectivity index (χ1n) is 7.96. The van der Waals surface area contributed by atoms with E-state index in [0.29, 0.717) is 36.8 Å². The normalized spacial score (nSPS) is 17.3. The van der Waals surface area contributed by atoms with Gasteiger partial charge in [0.05, 0.1) is 11.6 Å². The minimum atomic E-state index is -0.528. The first-order chi connectivity index (χ1) is 11.9. The van der Waals surface area contributed by atoms with Gasteiger partial charge < -0.3 is 10.6 Å². The molecule has 0 saturated carbocycles. The van der Waals surface area contributed by atoms with E-state index in [-0.39, 0.29) is 17.0 Å². The van der Waals surface area contributed by atoms with Crippen molar-refractivity contribution in [3.63, 3.8) is 0 Å². The molecular formula is C17H19ClFN5O. The number of likely N-dealkylation sites (tertiary alicyclic amines) is 1. The van der Waals surface area contributed by atoms with Crippen LogP contribution in [-0.4, -0.2) is 51.9 Å². The molecule has 8 heteroatoms. The number of benzene rings is 1. The molecule has 1 saturated heterocycles. The number of rotatable bonds is 4. The van der Waals surface area contributed by atoms with Crippen molar-refractivity contribution in [1.82, 2.24) is 19.8 Å². The third kappa shape index (κ3) is 4.05. The van der Waals surface area contributed by atoms with Gasteiger partial charge in [-0.1, -0.05) is 11.6 Å². The Morgan fingerprint density at radius 2 is 2.28 bits per heavy atom. The molecule has 3 rings (SSSR count). The van der Waals surface area contributed by atoms with Gasteiger partial charge in [-0.2, -0.15) is 0 Å². The Kier molecular flexibility index (Phi) is 5.15. The highest BCUT2D eigenvalue weighted by molar-refractivity contribution is 6.31. The molecule has 0 aliphatic carbocycles. The second-order valence-electron chi connectivity index (χ2n) is 6.14. The van der Waals surface area contributed by atoms with Gasteiger partial charge in [0.1, 0.15) is 17.5 Å². The fourth-order valence-electron chi connectivity index (χ4n) is 2.94. The Labute approximate surface area is 150 Å². The van der Waals surface area contributed by atoms with E-state index in [0.717, 1.165) is 6.42 Å². The molecule has 1 aromatic carbocycles. The van der Waals surface area contributed by atoms with Crippen LogP contribution in [0.1, 0.15) is 22.6 Å². The average Bonchev–Trinajstić information content (AvgIpc) is 3.07. The lowest BCUT2D eigenvalue weighted by Gasteiger charge is -2.24. The highest BCUT2D eigenvalue weighted by Crippen LogP contribution is 2.21. The Bertz CT molecular complexity index is 787. The van der Waals surface area contributed by atoms with Crippen molar-refractivity contribution in [3.05, 3.63) is 52.7 Å². The molecule has 0 spiro atoms. The highest BCUT2D eigenvalue weighted by Gasteiger charge is 2.30. The van der Waals surface area contributed by atoms with Gasteiger partial charge in [-0.25, -0.2) is 14.4 Å². The smallest absolute Gasteiger partial charge is 0.253 e. The van der Waals surface area contributed by atoms with E-state index < -0.39 is 5.82 Å². The predicted molar refractivity (Wildman–Crippen MR) is 93.6 cm³/mol. The van der Waals surface area contributed by atoms with Gasteiger partial charge in [0.25, 0.3) is 5.91 Å². The molecular weight excluding hydrogens is 345 g/mol. The van der Waals surface area contributed by atoms with Crippen molar-refractivity contribution >= 4 is 23.3 Å². The second-order valence-corrected chi connectivity index (χ2v) is 6.54. The minimum Gasteiger partial charge on any atom is -0.384 e. The molecule has 6 nitrogen and oxygen atoms in total. The monoisotopic (exact) mass is 363 g/mol. The molecule has 2 N–H and O–H groups in total. The van der Waals surface area contributed by atoms with Crippen LogP contribution in [0.2, 0.25) is 5.02 Å². The van der Waals surface area contributed by atoms with Crippen molar-refractivity contribution in [2.24, 2.45) is 0 Å². The molecule has 132 valence electrons. The second kappa shape index (κ2) is 7.33. The van der Waals surface area contributed by atoms with Gasteiger partial charge in [0.15, 0.2) is 0 Å². The van der Waals surface area contributed by atoms with Gasteiger partial charge in [-0.15, -0.1) is 0 Å². The van der Waals surface area contributed by atoms with Crippen LogP contribution in [0.5, 0.6) is 0 Å². The summed E-state index contributed by atoms with van der Waals surface area (Å²) >= 11 is 5.77. The van der Waals surface area contributed by atoms with E-state index >= 15 is 0 Å². The maximum Gasteiger partial charge on any atom is 0.253 e. The van der Waals surface area contributed by atoms with E-state index in [1.165, 1.54) is 18.2 Å². The van der Waals surface area contributed by atoms with Gasteiger partial charge >= 0.3 is 0 Å². The lowest BCUT2D eigenvalue weighted by Crippen LogP contribution is -2.36. The number of hydrogen-bond donors (Lipinski definition) is 1. The Morgan fingerprint density at radius 3 is 3.00 bits per heavy atom. The number of hydrogen-bond acceptors (Lipinski definition) is 5. The minimum absolute atomic E-state index is 0.0440. The van der Waals surface area contributed by atoms with Gasteiger partial charge in [-0.05, 0) is 37.7 Å². The zero-order chi connectivity index (χ0) is 18.0. The molecule has 0 radical (unpaired) electrons. The summed E-state index contributed by atoms with van der Waals surface area (Å²) in [6, 6.07) is 5.89. The average molecular weight is 364 g/mol. The predicted octanol–water partition coefficient (Wildman–Crippen LogP) is 2.20. The molecule has 1 atom stereocenters. The van der Waals surface area contributed by atoms with Crippen LogP contribution in [0.15, 0.2) is 30.5 Å². The van der Waals surface area contributed by atoms with Crippen molar-refractivity contribution in [1.29, 1.82) is 0 Å². The number of carbonyl (C=O) groups excluding carboxylic acids is 1. The van der Waals surface area contributed by atoms with Crippen LogP contribution in [0, 0.1) is 5.82 Å². The van der Waals surface area contributed by atoms with Crippen molar-refractivity contribution in [2.75, 3.05) is 25.9 Å². The van der Waals surface area contributed by atoms with Gasteiger partial charge in [0, 0.05) is 30.9 Å². The van der Waals surface area contributed by atoms with Gasteiger partial charge in [0.2, 0.25) is 0 Å². The van der Waals surface area contributed by atoms with Crippen LogP contribution < -0.4 is 5.73 Å². The van der Waals surface area contributed by atoms with E-state index in [4.69, 9.17) is 17.3 Å². The maximum atomic E-state index is 13.3. The lowest BCUT2D eigenvalue weighted by atomic mass is 10.2. The SMILES string of the molecule is CN(Cc1nccc(N)n1)[C@H]1CCN(C(=O)c2ccc(F)c(Cl)c2)C1. The number of aromatic nitrogens is 2. The number of carbonyl (C=O) groups is 1. The number of nitrogens with two attached hydrogens (primary N) is 1. The number of halogens is 2. The fourth-order valence-corrected chi connectivity index (χ4v) is 3.12. The largest absolute Gasteiger partial charge is 0.384 e. The quantitative estimate of drug-likeness (QED) is 0.901. The van der Waals surface area contributed by atoms with E-state index in [9.17, 15) is 9.18 Å². The van der Waals surface area contributed by atoms with Crippen LogP contribution in [0.25, 0.3) is 0 Å². The molecule has 0 unspecified atom stereocenters. The van der Waals surface area contributed by atoms with Crippen molar-refractivity contribution in [3.8, 4) is 0 Å². The Hall–Kier alpha value is -2.25. The zero-order valence-corrected chi connectivity index (χ0v) is 14.6. The van der Waals surface area contributed by atoms with E-state index in [1.54, 1.807) is 17.2 Å². The summed E-state index contributed by atoms with van der Waals surface area (Å²) in [5.74, 6) is 0.421. The summed E-state index contributed by atoms with van der Waals surface area (Å²) in [5, 5.41) is -0.0440. The summed E-state index contributed by atoms with van der Waals surface area (Å²) < 4.78 is 13.3. The lowest BCUT2D eigenvalue weighted by molar-refractivity contribution is 0.0779. The third-order valence-corrected chi connectivity index (χ3v) is 4.65. The highest BCUT2D eigenvalue weighted by atomic mass is 35.5. The van der Waals surface area contributed by atoms with Crippen LogP contribution in [0.3, 0.4) is 0 Å². The summed E-state index contributed by atoms with van der Waals surface area (Å²) in [6.07, 6.45) is 2.48. The number of anilines is 1. The van der Waals surface area contributed by atoms with Crippen LogP contribution >= 0.6 is 11.6 Å². The number of nitrogen functional groups attached to an aromatic ring is 1. The standard InChI is InChI=1S/C17H19ClFN5O/c1-23(10-16-21-6-4-15(20)22-16)12-5-7-24(9-12)17(25)11-2-3-14(19)13(18)8-11/h2-4,6,8,12H,5,7,9-10H2,1H3,(H2,20,21,22)/t12-/m0/s1. The molecule has 1 amide bonds. The van der Waals surface area contributed by atoms with Crippen molar-refractivity contribution in [2.45, 2.75) is 19.0 Å².